The summed E-state index contributed by atoms with van der Waals surface area (Å²) in [6.45, 7) is 4.02. The summed E-state index contributed by atoms with van der Waals surface area (Å²) < 4.78 is 42.9. The Hall–Kier alpha value is -1.50. The van der Waals surface area contributed by atoms with Crippen LogP contribution in [-0.2, 0) is 6.54 Å². The van der Waals surface area contributed by atoms with Crippen LogP contribution < -0.4 is 10.2 Å². The lowest BCUT2D eigenvalue weighted by Crippen LogP contribution is -2.32. The van der Waals surface area contributed by atoms with E-state index in [4.69, 9.17) is 4.42 Å². The van der Waals surface area contributed by atoms with Gasteiger partial charge in [0.15, 0.2) is 0 Å². The highest BCUT2D eigenvalue weighted by Gasteiger charge is 2.35. The Morgan fingerprint density at radius 3 is 2.85 bits per heavy atom. The molecule has 0 aromatic carbocycles. The monoisotopic (exact) mass is 289 g/mol. The van der Waals surface area contributed by atoms with Crippen molar-refractivity contribution in [2.75, 3.05) is 24.5 Å². The summed E-state index contributed by atoms with van der Waals surface area (Å²) in [5.74, 6) is 0. The molecule has 0 aliphatic carbocycles. The Labute approximate surface area is 115 Å². The second-order valence-electron chi connectivity index (χ2n) is 4.72. The fourth-order valence-corrected chi connectivity index (χ4v) is 2.02. The minimum atomic E-state index is -4.22. The van der Waals surface area contributed by atoms with Gasteiger partial charge in [-0.2, -0.15) is 18.2 Å². The predicted octanol–water partition coefficient (Wildman–Crippen LogP) is 2.87. The van der Waals surface area contributed by atoms with E-state index in [2.05, 4.69) is 17.2 Å². The van der Waals surface area contributed by atoms with Crippen molar-refractivity contribution >= 4 is 6.01 Å². The fourth-order valence-electron chi connectivity index (χ4n) is 2.02. The van der Waals surface area contributed by atoms with E-state index in [9.17, 15) is 13.2 Å². The van der Waals surface area contributed by atoms with Crippen LogP contribution in [0.25, 0.3) is 0 Å². The van der Waals surface area contributed by atoms with E-state index in [-0.39, 0.29) is 19.5 Å². The molecule has 4 nitrogen and oxygen atoms in total. The first kappa shape index (κ1) is 14.9. The molecule has 0 fully saturated rings. The molecule has 1 N–H and O–H groups in total. The van der Waals surface area contributed by atoms with Gasteiger partial charge in [0.05, 0.1) is 5.69 Å². The maximum atomic E-state index is 12.5. The molecule has 2 rings (SSSR count). The molecule has 1 aliphatic heterocycles. The number of anilines is 1. The highest BCUT2D eigenvalue weighted by molar-refractivity contribution is 5.33. The second-order valence-corrected chi connectivity index (χ2v) is 4.72. The zero-order valence-electron chi connectivity index (χ0n) is 11.3. The smallest absolute Gasteiger partial charge is 0.412 e. The molecule has 7 heteroatoms. The van der Waals surface area contributed by atoms with Crippen molar-refractivity contribution in [3.05, 3.63) is 23.6 Å². The number of hydrogen-bond donors (Lipinski definition) is 1. The zero-order chi connectivity index (χ0) is 14.6. The topological polar surface area (TPSA) is 41.3 Å². The van der Waals surface area contributed by atoms with E-state index < -0.39 is 11.7 Å². The number of alkyl halides is 3. The second kappa shape index (κ2) is 6.30. The van der Waals surface area contributed by atoms with E-state index in [1.54, 1.807) is 11.2 Å². The van der Waals surface area contributed by atoms with Gasteiger partial charge in [-0.25, -0.2) is 0 Å². The molecule has 0 amide bonds. The maximum absolute atomic E-state index is 12.5. The van der Waals surface area contributed by atoms with Gasteiger partial charge in [-0.3, -0.25) is 0 Å². The van der Waals surface area contributed by atoms with Crippen LogP contribution in [0.1, 0.15) is 25.5 Å². The number of nitrogens with zero attached hydrogens (tertiary/aromatic N) is 2. The van der Waals surface area contributed by atoms with Crippen molar-refractivity contribution in [2.24, 2.45) is 0 Å². The van der Waals surface area contributed by atoms with Gasteiger partial charge in [0, 0.05) is 25.2 Å². The molecule has 0 spiro atoms. The summed E-state index contributed by atoms with van der Waals surface area (Å²) in [6.07, 6.45) is -0.487. The third kappa shape index (κ3) is 3.75. The number of aromatic nitrogens is 1. The minimum Gasteiger partial charge on any atom is -0.432 e. The van der Waals surface area contributed by atoms with Gasteiger partial charge in [0.1, 0.15) is 6.26 Å². The molecule has 20 heavy (non-hydrogen) atoms. The predicted molar refractivity (Wildman–Crippen MR) is 69.5 cm³/mol. The maximum Gasteiger partial charge on any atom is 0.412 e. The lowest BCUT2D eigenvalue weighted by Gasteiger charge is -2.25. The van der Waals surface area contributed by atoms with Crippen LogP contribution in [0, 0.1) is 0 Å². The number of nitrogens with one attached hydrogen (secondary N) is 1. The summed E-state index contributed by atoms with van der Waals surface area (Å²) >= 11 is 0. The Bertz CT molecular complexity index is 468. The molecule has 0 radical (unpaired) electrons. The van der Waals surface area contributed by atoms with Gasteiger partial charge in [0.2, 0.25) is 0 Å². The average Bonchev–Trinajstić information content (AvgIpc) is 2.87. The Balaban J connectivity index is 1.92. The van der Waals surface area contributed by atoms with Crippen LogP contribution in [0.5, 0.6) is 0 Å². The molecule has 0 saturated heterocycles. The van der Waals surface area contributed by atoms with Crippen LogP contribution in [0.2, 0.25) is 0 Å². The normalized spacial score (nSPS) is 16.4. The van der Waals surface area contributed by atoms with Crippen LogP contribution in [0.15, 0.2) is 22.3 Å². The largest absolute Gasteiger partial charge is 0.432 e. The Kier molecular flexibility index (Phi) is 4.69. The summed E-state index contributed by atoms with van der Waals surface area (Å²) in [5.41, 5.74) is 0.296. The van der Waals surface area contributed by atoms with E-state index >= 15 is 0 Å². The van der Waals surface area contributed by atoms with Gasteiger partial charge in [-0.05, 0) is 19.4 Å². The first-order valence-corrected chi connectivity index (χ1v) is 6.67. The van der Waals surface area contributed by atoms with E-state index in [0.717, 1.165) is 18.7 Å². The van der Waals surface area contributed by atoms with E-state index in [1.165, 1.54) is 6.08 Å². The molecule has 0 saturated carbocycles. The molecular weight excluding hydrogens is 271 g/mol. The number of hydrogen-bond acceptors (Lipinski definition) is 4. The van der Waals surface area contributed by atoms with Crippen LogP contribution >= 0.6 is 0 Å². The molecule has 112 valence electrons. The van der Waals surface area contributed by atoms with Crippen molar-refractivity contribution < 1.29 is 17.6 Å². The fraction of sp³-hybridized carbons (Fsp3) is 0.615. The summed E-state index contributed by atoms with van der Waals surface area (Å²) in [6, 6.07) is 0.385. The van der Waals surface area contributed by atoms with Crippen LogP contribution in [-0.4, -0.2) is 30.8 Å². The molecular formula is C13H18F3N3O. The number of halogens is 3. The Morgan fingerprint density at radius 1 is 1.45 bits per heavy atom. The molecule has 0 atom stereocenters. The average molecular weight is 289 g/mol. The highest BCUT2D eigenvalue weighted by atomic mass is 19.4. The van der Waals surface area contributed by atoms with E-state index in [0.29, 0.717) is 12.6 Å². The van der Waals surface area contributed by atoms with Gasteiger partial charge < -0.3 is 14.6 Å². The van der Waals surface area contributed by atoms with Crippen molar-refractivity contribution in [1.82, 2.24) is 10.3 Å². The molecule has 0 bridgehead atoms. The van der Waals surface area contributed by atoms with Crippen LogP contribution in [0.4, 0.5) is 19.2 Å². The summed E-state index contributed by atoms with van der Waals surface area (Å²) in [7, 11) is 0. The van der Waals surface area contributed by atoms with Crippen molar-refractivity contribution in [3.63, 3.8) is 0 Å². The quantitative estimate of drug-likeness (QED) is 0.668. The van der Waals surface area contributed by atoms with Gasteiger partial charge in [0.25, 0.3) is 6.01 Å². The van der Waals surface area contributed by atoms with E-state index in [1.807, 2.05) is 0 Å². The van der Waals surface area contributed by atoms with Gasteiger partial charge >= 0.3 is 6.18 Å². The molecule has 1 aromatic heterocycles. The first-order valence-electron chi connectivity index (χ1n) is 6.67. The van der Waals surface area contributed by atoms with Gasteiger partial charge in [-0.15, -0.1) is 0 Å². The third-order valence-electron chi connectivity index (χ3n) is 3.12. The standard InChI is InChI=1S/C13H18F3N3O/c1-2-5-17-8-11-9-20-12(18-11)19-6-3-10(4-7-19)13(14,15)16/h3,9,17H,2,4-8H2,1H3. The lowest BCUT2D eigenvalue weighted by molar-refractivity contribution is -0.0944. The van der Waals surface area contributed by atoms with Crippen molar-refractivity contribution in [3.8, 4) is 0 Å². The highest BCUT2D eigenvalue weighted by Crippen LogP contribution is 2.31. The molecule has 0 unspecified atom stereocenters. The summed E-state index contributed by atoms with van der Waals surface area (Å²) in [5, 5.41) is 3.19. The summed E-state index contributed by atoms with van der Waals surface area (Å²) in [4.78, 5) is 5.99. The number of rotatable bonds is 5. The molecule has 1 aliphatic rings. The van der Waals surface area contributed by atoms with Crippen LogP contribution in [0.3, 0.4) is 0 Å². The van der Waals surface area contributed by atoms with Gasteiger partial charge in [-0.1, -0.05) is 13.0 Å². The number of oxazole rings is 1. The van der Waals surface area contributed by atoms with Crippen molar-refractivity contribution in [2.45, 2.75) is 32.5 Å². The lowest BCUT2D eigenvalue weighted by atomic mass is 10.1. The van der Waals surface area contributed by atoms with Crippen molar-refractivity contribution in [1.29, 1.82) is 0 Å². The Morgan fingerprint density at radius 2 is 2.25 bits per heavy atom. The molecule has 1 aromatic rings. The third-order valence-corrected chi connectivity index (χ3v) is 3.12. The SMILES string of the molecule is CCCNCc1coc(N2CC=C(C(F)(F)F)CC2)n1. The minimum absolute atomic E-state index is 0.0324. The molecule has 2 heterocycles. The first-order chi connectivity index (χ1) is 9.50. The zero-order valence-corrected chi connectivity index (χ0v) is 11.3.